The number of benzene rings is 2. The molecule has 11 nitrogen and oxygen atoms in total. The number of nitrogens with one attached hydrogen (secondary N) is 1. The average molecular weight is 651 g/mol. The zero-order valence-corrected chi connectivity index (χ0v) is 25.9. The van der Waals surface area contributed by atoms with Gasteiger partial charge in [0.15, 0.2) is 12.4 Å². The minimum atomic E-state index is -4.77. The number of esters is 1. The number of pyridine rings is 1. The minimum absolute atomic E-state index is 0.0175. The predicted molar refractivity (Wildman–Crippen MR) is 159 cm³/mol. The van der Waals surface area contributed by atoms with Crippen LogP contribution in [0, 0.1) is 0 Å². The number of aromatic hydroxyl groups is 1. The van der Waals surface area contributed by atoms with Gasteiger partial charge in [-0.05, 0) is 31.9 Å². The Hall–Kier alpha value is -4.00. The molecule has 2 amide bonds. The van der Waals surface area contributed by atoms with E-state index in [1.165, 1.54) is 30.0 Å². The maximum atomic E-state index is 13.9. The second-order valence-corrected chi connectivity index (χ2v) is 12.9. The molecule has 0 fully saturated rings. The van der Waals surface area contributed by atoms with Crippen molar-refractivity contribution in [2.24, 2.45) is 0 Å². The highest BCUT2D eigenvalue weighted by Gasteiger charge is 2.38. The van der Waals surface area contributed by atoms with Gasteiger partial charge in [0, 0.05) is 50.0 Å². The minimum Gasteiger partial charge on any atom is -0.505 e. The Labute approximate surface area is 257 Å². The van der Waals surface area contributed by atoms with Crippen LogP contribution in [0.2, 0.25) is 0 Å². The Morgan fingerprint density at radius 3 is 2.58 bits per heavy atom. The van der Waals surface area contributed by atoms with Crippen molar-refractivity contribution in [3.05, 3.63) is 70.9 Å². The first-order chi connectivity index (χ1) is 21.2. The molecule has 0 aliphatic carbocycles. The van der Waals surface area contributed by atoms with E-state index in [0.29, 0.717) is 10.9 Å². The summed E-state index contributed by atoms with van der Waals surface area (Å²) in [7, 11) is -2.76. The normalized spacial score (nSPS) is 15.1. The molecule has 0 bridgehead atoms. The van der Waals surface area contributed by atoms with E-state index < -0.39 is 50.3 Å². The Bertz CT molecular complexity index is 1620. The number of carbonyl (C=O) groups excluding carboxylic acids is 3. The Morgan fingerprint density at radius 2 is 1.91 bits per heavy atom. The van der Waals surface area contributed by atoms with Crippen LogP contribution >= 0.6 is 7.52 Å². The number of halogens is 3. The summed E-state index contributed by atoms with van der Waals surface area (Å²) >= 11 is 0. The van der Waals surface area contributed by atoms with E-state index in [1.807, 2.05) is 30.3 Å². The third-order valence-electron chi connectivity index (χ3n) is 7.18. The van der Waals surface area contributed by atoms with Gasteiger partial charge in [0.25, 0.3) is 19.3 Å². The highest BCUT2D eigenvalue weighted by Crippen LogP contribution is 2.45. The first-order valence-electron chi connectivity index (χ1n) is 14.2. The zero-order valence-electron chi connectivity index (χ0n) is 25.0. The molecule has 45 heavy (non-hydrogen) atoms. The SMILES string of the molecule is CCOC(=O)[C@H](C)NP(=O)(CCCN(C)C(=O)c1c2c(c(O)c3ncccc13)C(=O)N(Cc1ccccc1)C2)OCC(F)(F)F. The topological polar surface area (TPSA) is 138 Å². The summed E-state index contributed by atoms with van der Waals surface area (Å²) < 4.78 is 61.7. The van der Waals surface area contributed by atoms with Gasteiger partial charge in [0.2, 0.25) is 0 Å². The van der Waals surface area contributed by atoms with Gasteiger partial charge in [-0.2, -0.15) is 13.2 Å². The maximum Gasteiger partial charge on any atom is 0.412 e. The lowest BCUT2D eigenvalue weighted by atomic mass is 9.95. The molecule has 1 aliphatic heterocycles. The van der Waals surface area contributed by atoms with E-state index in [-0.39, 0.29) is 55.1 Å². The summed E-state index contributed by atoms with van der Waals surface area (Å²) in [6.07, 6.45) is -3.83. The first kappa shape index (κ1) is 33.9. The van der Waals surface area contributed by atoms with Gasteiger partial charge in [-0.1, -0.05) is 36.4 Å². The van der Waals surface area contributed by atoms with E-state index >= 15 is 0 Å². The van der Waals surface area contributed by atoms with Crippen LogP contribution in [0.15, 0.2) is 48.7 Å². The van der Waals surface area contributed by atoms with Crippen LogP contribution in [0.3, 0.4) is 0 Å². The fourth-order valence-electron chi connectivity index (χ4n) is 5.10. The molecule has 0 saturated heterocycles. The van der Waals surface area contributed by atoms with Crippen LogP contribution in [0.4, 0.5) is 13.2 Å². The van der Waals surface area contributed by atoms with Gasteiger partial charge in [-0.15, -0.1) is 0 Å². The van der Waals surface area contributed by atoms with Gasteiger partial charge in [0.05, 0.1) is 17.7 Å². The smallest absolute Gasteiger partial charge is 0.412 e. The molecule has 0 saturated carbocycles. The van der Waals surface area contributed by atoms with Crippen LogP contribution in [0.25, 0.3) is 10.9 Å². The van der Waals surface area contributed by atoms with Gasteiger partial charge >= 0.3 is 12.1 Å². The number of carbonyl (C=O) groups is 3. The number of ether oxygens (including phenoxy) is 1. The molecule has 1 aromatic heterocycles. The lowest BCUT2D eigenvalue weighted by Gasteiger charge is -2.25. The molecule has 1 unspecified atom stereocenters. The van der Waals surface area contributed by atoms with Crippen molar-refractivity contribution in [1.82, 2.24) is 19.9 Å². The summed E-state index contributed by atoms with van der Waals surface area (Å²) in [5, 5.41) is 13.7. The molecule has 4 rings (SSSR count). The largest absolute Gasteiger partial charge is 0.505 e. The van der Waals surface area contributed by atoms with Gasteiger partial charge in [-0.25, -0.2) is 5.09 Å². The summed E-state index contributed by atoms with van der Waals surface area (Å²) in [4.78, 5) is 46.4. The highest BCUT2D eigenvalue weighted by molar-refractivity contribution is 7.56. The molecule has 2 atom stereocenters. The quantitative estimate of drug-likeness (QED) is 0.196. The second kappa shape index (κ2) is 14.0. The van der Waals surface area contributed by atoms with Crippen molar-refractivity contribution in [1.29, 1.82) is 0 Å². The first-order valence-corrected chi connectivity index (χ1v) is 16.0. The number of hydrogen-bond acceptors (Lipinski definition) is 8. The molecule has 2 N–H and O–H groups in total. The van der Waals surface area contributed by atoms with Gasteiger partial charge in [0.1, 0.15) is 11.6 Å². The molecule has 0 spiro atoms. The third-order valence-corrected chi connectivity index (χ3v) is 9.41. The summed E-state index contributed by atoms with van der Waals surface area (Å²) in [5.41, 5.74) is 1.40. The highest BCUT2D eigenvalue weighted by atomic mass is 31.2. The number of fused-ring (bicyclic) bond motifs is 2. The third kappa shape index (κ3) is 7.99. The molecule has 2 heterocycles. The summed E-state index contributed by atoms with van der Waals surface area (Å²) in [6, 6.07) is 11.2. The number of hydrogen-bond donors (Lipinski definition) is 2. The summed E-state index contributed by atoms with van der Waals surface area (Å²) in [5.74, 6) is -2.12. The van der Waals surface area contributed by atoms with Crippen molar-refractivity contribution in [2.45, 2.75) is 45.6 Å². The van der Waals surface area contributed by atoms with Crippen molar-refractivity contribution in [3.8, 4) is 5.75 Å². The number of aromatic nitrogens is 1. The lowest BCUT2D eigenvalue weighted by Crippen LogP contribution is -2.36. The molecule has 2 aromatic carbocycles. The number of nitrogens with zero attached hydrogens (tertiary/aromatic N) is 3. The molecular formula is C30H34F3N4O7P. The van der Waals surface area contributed by atoms with E-state index in [9.17, 15) is 37.2 Å². The molecule has 242 valence electrons. The van der Waals surface area contributed by atoms with Crippen LogP contribution in [0.5, 0.6) is 5.75 Å². The number of phenolic OH excluding ortho intramolecular Hbond substituents is 1. The molecular weight excluding hydrogens is 616 g/mol. The number of phenols is 1. The molecule has 0 radical (unpaired) electrons. The fraction of sp³-hybridized carbons (Fsp3) is 0.400. The van der Waals surface area contributed by atoms with Crippen molar-refractivity contribution in [3.63, 3.8) is 0 Å². The van der Waals surface area contributed by atoms with Gasteiger partial charge < -0.3 is 24.2 Å². The van der Waals surface area contributed by atoms with Crippen molar-refractivity contribution < 1.29 is 46.5 Å². The molecule has 3 aromatic rings. The number of alkyl halides is 3. The van der Waals surface area contributed by atoms with Crippen molar-refractivity contribution >= 4 is 36.2 Å². The summed E-state index contributed by atoms with van der Waals surface area (Å²) in [6.45, 7) is 1.30. The predicted octanol–water partition coefficient (Wildman–Crippen LogP) is 4.87. The van der Waals surface area contributed by atoms with E-state index in [4.69, 9.17) is 9.26 Å². The monoisotopic (exact) mass is 650 g/mol. The van der Waals surface area contributed by atoms with Crippen LogP contribution < -0.4 is 5.09 Å². The molecule has 15 heteroatoms. The van der Waals surface area contributed by atoms with E-state index in [0.717, 1.165) is 5.56 Å². The van der Waals surface area contributed by atoms with E-state index in [2.05, 4.69) is 10.1 Å². The Morgan fingerprint density at radius 1 is 1.20 bits per heavy atom. The molecule has 1 aliphatic rings. The number of amides is 2. The second-order valence-electron chi connectivity index (χ2n) is 10.6. The van der Waals surface area contributed by atoms with Crippen LogP contribution in [0.1, 0.15) is 52.1 Å². The fourth-order valence-corrected chi connectivity index (χ4v) is 7.04. The maximum absolute atomic E-state index is 13.9. The van der Waals surface area contributed by atoms with Crippen LogP contribution in [-0.4, -0.2) is 82.9 Å². The lowest BCUT2D eigenvalue weighted by molar-refractivity contribution is -0.153. The van der Waals surface area contributed by atoms with E-state index in [1.54, 1.807) is 19.1 Å². The van der Waals surface area contributed by atoms with Crippen molar-refractivity contribution in [2.75, 3.05) is 33.0 Å². The zero-order chi connectivity index (χ0) is 32.9. The Balaban J connectivity index is 1.56. The van der Waals surface area contributed by atoms with Crippen LogP contribution in [-0.2, 0) is 31.7 Å². The Kier molecular flexibility index (Phi) is 10.5. The van der Waals surface area contributed by atoms with Gasteiger partial charge in [-0.3, -0.25) is 23.9 Å². The number of rotatable bonds is 13. The average Bonchev–Trinajstić information content (AvgIpc) is 3.31. The standard InChI is InChI=1S/C30H34F3N4O7P/c1-4-43-29(41)19(2)35-45(42,44-18-30(31,32)33)15-9-14-36(3)27(39)23-21-12-8-13-34-25(21)26(38)24-22(23)17-37(28(24)40)16-20-10-6-5-7-11-20/h5-8,10-13,19,38H,4,9,14-18H2,1-3H3,(H,35,42)/t19-,45?/m0/s1.